The molecule has 0 aliphatic heterocycles. The summed E-state index contributed by atoms with van der Waals surface area (Å²) in [6.07, 6.45) is 2.83. The van der Waals surface area contributed by atoms with Crippen LogP contribution in [0.2, 0.25) is 0 Å². The molecular weight excluding hydrogens is 320 g/mol. The number of aromatic nitrogens is 2. The minimum Gasteiger partial charge on any atom is -0.384 e. The first-order valence-electron chi connectivity index (χ1n) is 4.83. The largest absolute Gasteiger partial charge is 0.384 e. The van der Waals surface area contributed by atoms with Crippen molar-refractivity contribution in [2.45, 2.75) is 4.90 Å². The van der Waals surface area contributed by atoms with E-state index < -0.39 is 10.0 Å². The van der Waals surface area contributed by atoms with Crippen molar-refractivity contribution in [3.05, 3.63) is 41.1 Å². The lowest BCUT2D eigenvalue weighted by atomic mass is 10.5. The second-order valence-electron chi connectivity index (χ2n) is 3.38. The highest BCUT2D eigenvalue weighted by Crippen LogP contribution is 2.16. The fraction of sp³-hybridized carbons (Fsp3) is 0. The van der Waals surface area contributed by atoms with E-state index >= 15 is 0 Å². The molecule has 0 fully saturated rings. The average molecular weight is 329 g/mol. The average Bonchev–Trinajstić information content (AvgIpc) is 2.32. The van der Waals surface area contributed by atoms with Gasteiger partial charge in [-0.15, -0.1) is 0 Å². The van der Waals surface area contributed by atoms with Crippen molar-refractivity contribution >= 4 is 37.6 Å². The first kappa shape index (κ1) is 12.8. The van der Waals surface area contributed by atoms with Gasteiger partial charge in [-0.1, -0.05) is 0 Å². The highest BCUT2D eigenvalue weighted by Gasteiger charge is 2.15. The van der Waals surface area contributed by atoms with Gasteiger partial charge in [0.25, 0.3) is 10.0 Å². The second kappa shape index (κ2) is 4.91. The molecule has 0 spiro atoms. The number of nitrogens with zero attached hydrogens (tertiary/aromatic N) is 2. The van der Waals surface area contributed by atoms with Crippen LogP contribution in [-0.2, 0) is 10.0 Å². The number of nitrogens with two attached hydrogens (primary N) is 1. The zero-order valence-corrected chi connectivity index (χ0v) is 11.4. The van der Waals surface area contributed by atoms with Crippen molar-refractivity contribution in [3.63, 3.8) is 0 Å². The number of anilines is 2. The van der Waals surface area contributed by atoms with Crippen molar-refractivity contribution < 1.29 is 8.42 Å². The van der Waals surface area contributed by atoms with Crippen molar-refractivity contribution in [3.8, 4) is 0 Å². The summed E-state index contributed by atoms with van der Waals surface area (Å²) in [6, 6.07) is 5.87. The summed E-state index contributed by atoms with van der Waals surface area (Å²) in [7, 11) is -3.70. The molecular formula is C10H9BrN4O2S. The molecule has 0 radical (unpaired) electrons. The molecule has 0 aliphatic rings. The second-order valence-corrected chi connectivity index (χ2v) is 5.98. The van der Waals surface area contributed by atoms with Crippen LogP contribution < -0.4 is 10.5 Å². The highest BCUT2D eigenvalue weighted by molar-refractivity contribution is 9.10. The topological polar surface area (TPSA) is 98.0 Å². The van der Waals surface area contributed by atoms with Gasteiger partial charge in [0.2, 0.25) is 0 Å². The van der Waals surface area contributed by atoms with Gasteiger partial charge in [-0.2, -0.15) is 0 Å². The molecule has 0 aliphatic carbocycles. The first-order chi connectivity index (χ1) is 8.47. The lowest BCUT2D eigenvalue weighted by Crippen LogP contribution is -2.14. The maximum absolute atomic E-state index is 12.0. The Balaban J connectivity index is 2.30. The fourth-order valence-corrected chi connectivity index (χ4v) is 2.49. The summed E-state index contributed by atoms with van der Waals surface area (Å²) in [6.45, 7) is 0. The minimum absolute atomic E-state index is 0.0414. The Morgan fingerprint density at radius 2 is 2.00 bits per heavy atom. The molecule has 18 heavy (non-hydrogen) atoms. The first-order valence-corrected chi connectivity index (χ1v) is 7.11. The molecule has 0 atom stereocenters. The minimum atomic E-state index is -3.70. The molecule has 0 unspecified atom stereocenters. The van der Waals surface area contributed by atoms with Gasteiger partial charge in [-0.3, -0.25) is 4.72 Å². The fourth-order valence-electron chi connectivity index (χ4n) is 1.23. The smallest absolute Gasteiger partial charge is 0.263 e. The summed E-state index contributed by atoms with van der Waals surface area (Å²) in [5.41, 5.74) is 5.44. The van der Waals surface area contributed by atoms with Gasteiger partial charge in [-0.05, 0) is 34.1 Å². The molecule has 2 aromatic heterocycles. The van der Waals surface area contributed by atoms with Gasteiger partial charge in [-0.25, -0.2) is 18.4 Å². The van der Waals surface area contributed by atoms with Crippen LogP contribution in [-0.4, -0.2) is 18.4 Å². The van der Waals surface area contributed by atoms with Crippen LogP contribution >= 0.6 is 15.9 Å². The quantitative estimate of drug-likeness (QED) is 0.892. The van der Waals surface area contributed by atoms with E-state index in [1.807, 2.05) is 0 Å². The van der Waals surface area contributed by atoms with E-state index in [9.17, 15) is 8.42 Å². The molecule has 2 rings (SSSR count). The molecule has 2 heterocycles. The van der Waals surface area contributed by atoms with Gasteiger partial charge in [0.1, 0.15) is 11.6 Å². The highest BCUT2D eigenvalue weighted by atomic mass is 79.9. The Morgan fingerprint density at radius 3 is 2.61 bits per heavy atom. The summed E-state index contributed by atoms with van der Waals surface area (Å²) in [4.78, 5) is 7.70. The number of sulfonamides is 1. The van der Waals surface area contributed by atoms with Crippen molar-refractivity contribution in [2.75, 3.05) is 10.5 Å². The Kier molecular flexibility index (Phi) is 3.48. The molecule has 6 nitrogen and oxygen atoms in total. The number of hydrogen-bond acceptors (Lipinski definition) is 5. The van der Waals surface area contributed by atoms with Crippen LogP contribution in [0.3, 0.4) is 0 Å². The number of hydrogen-bond donors (Lipinski definition) is 2. The number of halogens is 1. The van der Waals surface area contributed by atoms with Gasteiger partial charge in [0.05, 0.1) is 4.90 Å². The Bertz CT molecular complexity index is 658. The summed E-state index contributed by atoms with van der Waals surface area (Å²) < 4.78 is 27.1. The molecule has 0 amide bonds. The van der Waals surface area contributed by atoms with Gasteiger partial charge in [0, 0.05) is 22.9 Å². The van der Waals surface area contributed by atoms with E-state index in [2.05, 4.69) is 30.6 Å². The lowest BCUT2D eigenvalue weighted by Gasteiger charge is -2.07. The van der Waals surface area contributed by atoms with E-state index in [0.29, 0.717) is 0 Å². The van der Waals surface area contributed by atoms with E-state index in [1.54, 1.807) is 12.1 Å². The lowest BCUT2D eigenvalue weighted by molar-refractivity contribution is 0.601. The van der Waals surface area contributed by atoms with Crippen LogP contribution in [0.1, 0.15) is 0 Å². The third-order valence-electron chi connectivity index (χ3n) is 2.03. The van der Waals surface area contributed by atoms with E-state index in [-0.39, 0.29) is 16.5 Å². The Hall–Kier alpha value is -1.67. The summed E-state index contributed by atoms with van der Waals surface area (Å²) in [5, 5.41) is 0. The van der Waals surface area contributed by atoms with Gasteiger partial charge in [0.15, 0.2) is 0 Å². The van der Waals surface area contributed by atoms with Crippen LogP contribution in [0.4, 0.5) is 11.6 Å². The maximum Gasteiger partial charge on any atom is 0.263 e. The molecule has 94 valence electrons. The van der Waals surface area contributed by atoms with E-state index in [1.165, 1.54) is 24.5 Å². The molecule has 2 aromatic rings. The van der Waals surface area contributed by atoms with Crippen LogP contribution in [0.15, 0.2) is 46.0 Å². The molecule has 3 N–H and O–H groups in total. The van der Waals surface area contributed by atoms with Crippen molar-refractivity contribution in [1.29, 1.82) is 0 Å². The molecule has 8 heteroatoms. The van der Waals surface area contributed by atoms with Gasteiger partial charge >= 0.3 is 0 Å². The zero-order chi connectivity index (χ0) is 13.2. The van der Waals surface area contributed by atoms with Gasteiger partial charge < -0.3 is 5.73 Å². The zero-order valence-electron chi connectivity index (χ0n) is 9.04. The predicted molar refractivity (Wildman–Crippen MR) is 71.4 cm³/mol. The molecule has 0 bridgehead atoms. The van der Waals surface area contributed by atoms with Crippen LogP contribution in [0.25, 0.3) is 0 Å². The molecule has 0 aromatic carbocycles. The van der Waals surface area contributed by atoms with Crippen LogP contribution in [0, 0.1) is 0 Å². The molecule has 0 saturated heterocycles. The maximum atomic E-state index is 12.0. The summed E-state index contributed by atoms with van der Waals surface area (Å²) in [5.74, 6) is 0.371. The predicted octanol–water partition coefficient (Wildman–Crippen LogP) is 1.62. The number of nitrogen functional groups attached to an aromatic ring is 1. The standard InChI is InChI=1S/C10H9BrN4O2S/c11-7-1-2-10(14-6-7)15-18(16,17)8-3-4-13-9(12)5-8/h1-6H,(H2,12,13)(H,14,15). The third-order valence-corrected chi connectivity index (χ3v) is 3.85. The van der Waals surface area contributed by atoms with E-state index in [4.69, 9.17) is 5.73 Å². The monoisotopic (exact) mass is 328 g/mol. The van der Waals surface area contributed by atoms with Crippen LogP contribution in [0.5, 0.6) is 0 Å². The normalized spacial score (nSPS) is 11.2. The number of pyridine rings is 2. The molecule has 0 saturated carbocycles. The SMILES string of the molecule is Nc1cc(S(=O)(=O)Nc2ccc(Br)cn2)ccn1. The number of nitrogens with one attached hydrogen (secondary N) is 1. The van der Waals surface area contributed by atoms with Crippen molar-refractivity contribution in [2.24, 2.45) is 0 Å². The van der Waals surface area contributed by atoms with E-state index in [0.717, 1.165) is 4.47 Å². The summed E-state index contributed by atoms with van der Waals surface area (Å²) >= 11 is 3.22. The third kappa shape index (κ3) is 2.96. The Labute approximate surface area is 112 Å². The Morgan fingerprint density at radius 1 is 1.22 bits per heavy atom. The van der Waals surface area contributed by atoms with Crippen molar-refractivity contribution in [1.82, 2.24) is 9.97 Å². The number of rotatable bonds is 3.